The Morgan fingerprint density at radius 3 is 2.78 bits per heavy atom. The summed E-state index contributed by atoms with van der Waals surface area (Å²) in [6.45, 7) is 1.69. The number of nitrogens with zero attached hydrogens (tertiary/aromatic N) is 2. The van der Waals surface area contributed by atoms with Gasteiger partial charge in [-0.1, -0.05) is 30.3 Å². The van der Waals surface area contributed by atoms with Gasteiger partial charge in [0.1, 0.15) is 11.6 Å². The fourth-order valence-electron chi connectivity index (χ4n) is 2.06. The molecule has 0 fully saturated rings. The number of thiazole rings is 1. The maximum absolute atomic E-state index is 13.3. The number of benzene rings is 2. The van der Waals surface area contributed by atoms with Crippen LogP contribution in [0, 0.1) is 5.82 Å². The lowest BCUT2D eigenvalue weighted by atomic mass is 10.1. The lowest BCUT2D eigenvalue weighted by molar-refractivity contribution is 0.472. The van der Waals surface area contributed by atoms with Crippen molar-refractivity contribution in [2.24, 2.45) is 5.10 Å². The van der Waals surface area contributed by atoms with Crippen molar-refractivity contribution < 1.29 is 9.50 Å². The SMILES string of the molecule is C/C(=N\Nc1nc(-c2ccccc2)cs1)c1cc(F)ccc1O. The van der Waals surface area contributed by atoms with E-state index in [1.807, 2.05) is 35.7 Å². The molecule has 23 heavy (non-hydrogen) atoms. The Hall–Kier alpha value is -2.73. The molecular formula is C17H14FN3OS. The zero-order valence-electron chi connectivity index (χ0n) is 12.3. The molecule has 0 saturated carbocycles. The molecule has 0 saturated heterocycles. The summed E-state index contributed by atoms with van der Waals surface area (Å²) >= 11 is 1.42. The first-order valence-electron chi connectivity index (χ1n) is 6.93. The fourth-order valence-corrected chi connectivity index (χ4v) is 2.72. The molecule has 1 aromatic heterocycles. The van der Waals surface area contributed by atoms with Crippen molar-refractivity contribution in [1.29, 1.82) is 0 Å². The van der Waals surface area contributed by atoms with Crippen molar-refractivity contribution in [3.63, 3.8) is 0 Å². The number of nitrogens with one attached hydrogen (secondary N) is 1. The number of halogens is 1. The summed E-state index contributed by atoms with van der Waals surface area (Å²) in [5, 5.41) is 16.5. The van der Waals surface area contributed by atoms with Crippen LogP contribution in [0.1, 0.15) is 12.5 Å². The van der Waals surface area contributed by atoms with Crippen LogP contribution in [0.5, 0.6) is 5.75 Å². The molecule has 0 atom stereocenters. The van der Waals surface area contributed by atoms with Crippen LogP contribution >= 0.6 is 11.3 Å². The maximum atomic E-state index is 13.3. The molecule has 0 radical (unpaired) electrons. The average Bonchev–Trinajstić information content (AvgIpc) is 3.05. The molecule has 0 aliphatic carbocycles. The van der Waals surface area contributed by atoms with Crippen molar-refractivity contribution in [2.75, 3.05) is 5.43 Å². The van der Waals surface area contributed by atoms with Gasteiger partial charge in [0.2, 0.25) is 5.13 Å². The molecule has 2 aromatic carbocycles. The summed E-state index contributed by atoms with van der Waals surface area (Å²) in [5.41, 5.74) is 5.55. The van der Waals surface area contributed by atoms with E-state index in [1.165, 1.54) is 29.5 Å². The molecule has 0 aliphatic heterocycles. The lowest BCUT2D eigenvalue weighted by Gasteiger charge is -2.04. The fraction of sp³-hybridized carbons (Fsp3) is 0.0588. The zero-order valence-corrected chi connectivity index (χ0v) is 13.1. The number of hydrogen-bond acceptors (Lipinski definition) is 5. The highest BCUT2D eigenvalue weighted by Crippen LogP contribution is 2.25. The van der Waals surface area contributed by atoms with Crippen molar-refractivity contribution in [3.8, 4) is 17.0 Å². The number of anilines is 1. The Kier molecular flexibility index (Phi) is 4.34. The minimum atomic E-state index is -0.423. The minimum Gasteiger partial charge on any atom is -0.507 e. The second-order valence-corrected chi connectivity index (χ2v) is 5.73. The third-order valence-electron chi connectivity index (χ3n) is 3.24. The predicted molar refractivity (Wildman–Crippen MR) is 91.4 cm³/mol. The Morgan fingerprint density at radius 2 is 2.00 bits per heavy atom. The maximum Gasteiger partial charge on any atom is 0.203 e. The number of aromatic nitrogens is 1. The van der Waals surface area contributed by atoms with Crippen LogP contribution in [0.3, 0.4) is 0 Å². The number of rotatable bonds is 4. The number of phenols is 1. The van der Waals surface area contributed by atoms with Gasteiger partial charge in [0.05, 0.1) is 11.4 Å². The number of aromatic hydroxyl groups is 1. The molecular weight excluding hydrogens is 313 g/mol. The second kappa shape index (κ2) is 6.58. The summed E-state index contributed by atoms with van der Waals surface area (Å²) in [5.74, 6) is -0.438. The zero-order chi connectivity index (χ0) is 16.2. The van der Waals surface area contributed by atoms with E-state index < -0.39 is 5.82 Å². The molecule has 1 heterocycles. The molecule has 4 nitrogen and oxygen atoms in total. The molecule has 3 aromatic rings. The largest absolute Gasteiger partial charge is 0.507 e. The molecule has 2 N–H and O–H groups in total. The highest BCUT2D eigenvalue weighted by atomic mass is 32.1. The molecule has 0 amide bonds. The number of hydrogen-bond donors (Lipinski definition) is 2. The van der Waals surface area contributed by atoms with Crippen molar-refractivity contribution in [2.45, 2.75) is 6.92 Å². The van der Waals surface area contributed by atoms with Crippen LogP contribution in [0.15, 0.2) is 59.0 Å². The Labute approximate surface area is 137 Å². The molecule has 0 bridgehead atoms. The molecule has 116 valence electrons. The summed E-state index contributed by atoms with van der Waals surface area (Å²) in [6, 6.07) is 13.6. The van der Waals surface area contributed by atoms with Gasteiger partial charge in [-0.2, -0.15) is 5.10 Å². The van der Waals surface area contributed by atoms with Gasteiger partial charge in [0, 0.05) is 16.5 Å². The lowest BCUT2D eigenvalue weighted by Crippen LogP contribution is -2.00. The van der Waals surface area contributed by atoms with Gasteiger partial charge in [0.15, 0.2) is 0 Å². The van der Waals surface area contributed by atoms with E-state index in [4.69, 9.17) is 0 Å². The third kappa shape index (κ3) is 3.54. The molecule has 6 heteroatoms. The van der Waals surface area contributed by atoms with Crippen LogP contribution in [-0.4, -0.2) is 15.8 Å². The first-order valence-corrected chi connectivity index (χ1v) is 7.81. The first-order chi connectivity index (χ1) is 11.1. The number of hydrazone groups is 1. The summed E-state index contributed by atoms with van der Waals surface area (Å²) in [4.78, 5) is 4.45. The first kappa shape index (κ1) is 15.2. The molecule has 0 spiro atoms. The monoisotopic (exact) mass is 327 g/mol. The van der Waals surface area contributed by atoms with E-state index in [-0.39, 0.29) is 5.75 Å². The normalized spacial score (nSPS) is 11.5. The van der Waals surface area contributed by atoms with Gasteiger partial charge >= 0.3 is 0 Å². The van der Waals surface area contributed by atoms with Crippen LogP contribution in [0.2, 0.25) is 0 Å². The van der Waals surface area contributed by atoms with Gasteiger partial charge in [-0.05, 0) is 25.1 Å². The highest BCUT2D eigenvalue weighted by Gasteiger charge is 2.07. The van der Waals surface area contributed by atoms with E-state index >= 15 is 0 Å². The molecule has 0 aliphatic rings. The Bertz CT molecular complexity index is 846. The average molecular weight is 327 g/mol. The summed E-state index contributed by atoms with van der Waals surface area (Å²) in [7, 11) is 0. The van der Waals surface area contributed by atoms with E-state index in [9.17, 15) is 9.50 Å². The van der Waals surface area contributed by atoms with Gasteiger partial charge in [-0.3, -0.25) is 5.43 Å². The summed E-state index contributed by atoms with van der Waals surface area (Å²) in [6.07, 6.45) is 0. The van der Waals surface area contributed by atoms with Crippen LogP contribution in [-0.2, 0) is 0 Å². The smallest absolute Gasteiger partial charge is 0.203 e. The Morgan fingerprint density at radius 1 is 1.22 bits per heavy atom. The van der Waals surface area contributed by atoms with Gasteiger partial charge in [-0.25, -0.2) is 9.37 Å². The van der Waals surface area contributed by atoms with Gasteiger partial charge in [0.25, 0.3) is 0 Å². The quantitative estimate of drug-likeness (QED) is 0.548. The van der Waals surface area contributed by atoms with E-state index in [2.05, 4.69) is 15.5 Å². The highest BCUT2D eigenvalue weighted by molar-refractivity contribution is 7.14. The van der Waals surface area contributed by atoms with Gasteiger partial charge < -0.3 is 5.11 Å². The van der Waals surface area contributed by atoms with Crippen LogP contribution in [0.4, 0.5) is 9.52 Å². The van der Waals surface area contributed by atoms with Crippen LogP contribution < -0.4 is 5.43 Å². The van der Waals surface area contributed by atoms with E-state index in [0.29, 0.717) is 16.4 Å². The Balaban J connectivity index is 1.78. The second-order valence-electron chi connectivity index (χ2n) is 4.87. The van der Waals surface area contributed by atoms with Gasteiger partial charge in [-0.15, -0.1) is 11.3 Å². The van der Waals surface area contributed by atoms with E-state index in [1.54, 1.807) is 6.92 Å². The third-order valence-corrected chi connectivity index (χ3v) is 3.99. The predicted octanol–water partition coefficient (Wildman–Crippen LogP) is 4.49. The number of phenolic OH excluding ortho intramolecular Hbond substituents is 1. The van der Waals surface area contributed by atoms with E-state index in [0.717, 1.165) is 11.3 Å². The summed E-state index contributed by atoms with van der Waals surface area (Å²) < 4.78 is 13.3. The molecule has 0 unspecified atom stereocenters. The van der Waals surface area contributed by atoms with Crippen molar-refractivity contribution in [3.05, 3.63) is 65.3 Å². The van der Waals surface area contributed by atoms with Crippen molar-refractivity contribution in [1.82, 2.24) is 4.98 Å². The topological polar surface area (TPSA) is 57.5 Å². The molecule has 3 rings (SSSR count). The standard InChI is InChI=1S/C17H14FN3OS/c1-11(14-9-13(18)7-8-16(14)22)20-21-17-19-15(10-23-17)12-5-3-2-4-6-12/h2-10,22H,1H3,(H,19,21)/b20-11+. The van der Waals surface area contributed by atoms with Crippen molar-refractivity contribution >= 4 is 22.2 Å². The minimum absolute atomic E-state index is 0.0152. The van der Waals surface area contributed by atoms with Crippen LogP contribution in [0.25, 0.3) is 11.3 Å².